The standard InChI is InChI=1S/C10H11ClN4/c1-15-5-4-12-10(15)7-14-9-3-2-8(11)6-13-9/h2-6H,7H2,1H3,(H,13,14). The second-order valence-electron chi connectivity index (χ2n) is 3.17. The molecule has 0 aliphatic heterocycles. The maximum absolute atomic E-state index is 5.73. The van der Waals surface area contributed by atoms with Crippen LogP contribution in [0.4, 0.5) is 5.82 Å². The third-order valence-corrected chi connectivity index (χ3v) is 2.30. The van der Waals surface area contributed by atoms with E-state index in [0.29, 0.717) is 11.6 Å². The summed E-state index contributed by atoms with van der Waals surface area (Å²) in [4.78, 5) is 8.32. The van der Waals surface area contributed by atoms with Gasteiger partial charge in [0.25, 0.3) is 0 Å². The number of imidazole rings is 1. The van der Waals surface area contributed by atoms with Crippen LogP contribution in [0.15, 0.2) is 30.7 Å². The van der Waals surface area contributed by atoms with Gasteiger partial charge in [0, 0.05) is 25.6 Å². The number of pyridine rings is 1. The van der Waals surface area contributed by atoms with Crippen molar-refractivity contribution in [2.75, 3.05) is 5.32 Å². The van der Waals surface area contributed by atoms with Crippen molar-refractivity contribution in [1.82, 2.24) is 14.5 Å². The second-order valence-corrected chi connectivity index (χ2v) is 3.61. The highest BCUT2D eigenvalue weighted by molar-refractivity contribution is 6.30. The molecule has 0 amide bonds. The zero-order valence-corrected chi connectivity index (χ0v) is 9.07. The number of hydrogen-bond donors (Lipinski definition) is 1. The Kier molecular flexibility index (Phi) is 2.87. The van der Waals surface area contributed by atoms with Crippen LogP contribution in [0.3, 0.4) is 0 Å². The number of nitrogens with zero attached hydrogens (tertiary/aromatic N) is 3. The lowest BCUT2D eigenvalue weighted by Gasteiger charge is -2.05. The molecule has 2 rings (SSSR count). The Morgan fingerprint density at radius 2 is 2.27 bits per heavy atom. The molecular weight excluding hydrogens is 212 g/mol. The van der Waals surface area contributed by atoms with Crippen LogP contribution in [0.2, 0.25) is 5.02 Å². The Labute approximate surface area is 92.9 Å². The van der Waals surface area contributed by atoms with E-state index >= 15 is 0 Å². The Balaban J connectivity index is 1.99. The molecule has 4 nitrogen and oxygen atoms in total. The Bertz CT molecular complexity index is 435. The molecule has 0 saturated carbocycles. The van der Waals surface area contributed by atoms with Crippen LogP contribution in [0, 0.1) is 0 Å². The molecule has 0 fully saturated rings. The predicted octanol–water partition coefficient (Wildman–Crippen LogP) is 2.08. The zero-order chi connectivity index (χ0) is 10.7. The van der Waals surface area contributed by atoms with Crippen LogP contribution in [-0.4, -0.2) is 14.5 Å². The lowest BCUT2D eigenvalue weighted by Crippen LogP contribution is -2.06. The number of nitrogens with one attached hydrogen (secondary N) is 1. The Morgan fingerprint density at radius 3 is 2.87 bits per heavy atom. The van der Waals surface area contributed by atoms with E-state index in [1.807, 2.05) is 23.9 Å². The molecule has 0 aliphatic rings. The number of aryl methyl sites for hydroxylation is 1. The maximum atomic E-state index is 5.73. The summed E-state index contributed by atoms with van der Waals surface area (Å²) in [6, 6.07) is 3.64. The first-order chi connectivity index (χ1) is 7.25. The lowest BCUT2D eigenvalue weighted by atomic mass is 10.4. The normalized spacial score (nSPS) is 10.3. The fourth-order valence-electron chi connectivity index (χ4n) is 1.22. The van der Waals surface area contributed by atoms with Crippen molar-refractivity contribution in [2.24, 2.45) is 7.05 Å². The van der Waals surface area contributed by atoms with Crippen molar-refractivity contribution < 1.29 is 0 Å². The molecule has 15 heavy (non-hydrogen) atoms. The highest BCUT2D eigenvalue weighted by Crippen LogP contribution is 2.10. The molecule has 0 spiro atoms. The van der Waals surface area contributed by atoms with E-state index in [-0.39, 0.29) is 0 Å². The molecule has 0 saturated heterocycles. The summed E-state index contributed by atoms with van der Waals surface area (Å²) in [5, 5.41) is 3.80. The van der Waals surface area contributed by atoms with Crippen molar-refractivity contribution in [3.8, 4) is 0 Å². The molecule has 0 aromatic carbocycles. The predicted molar refractivity (Wildman–Crippen MR) is 59.8 cm³/mol. The van der Waals surface area contributed by atoms with Gasteiger partial charge >= 0.3 is 0 Å². The first kappa shape index (κ1) is 9.98. The van der Waals surface area contributed by atoms with Crippen LogP contribution in [0.5, 0.6) is 0 Å². The SMILES string of the molecule is Cn1ccnc1CNc1ccc(Cl)cn1. The number of anilines is 1. The minimum Gasteiger partial charge on any atom is -0.363 e. The topological polar surface area (TPSA) is 42.7 Å². The molecule has 0 aliphatic carbocycles. The van der Waals surface area contributed by atoms with Gasteiger partial charge in [-0.15, -0.1) is 0 Å². The van der Waals surface area contributed by atoms with E-state index in [1.54, 1.807) is 18.5 Å². The number of halogens is 1. The fraction of sp³-hybridized carbons (Fsp3) is 0.200. The monoisotopic (exact) mass is 222 g/mol. The summed E-state index contributed by atoms with van der Waals surface area (Å²) in [6.45, 7) is 0.651. The maximum Gasteiger partial charge on any atom is 0.127 e. The van der Waals surface area contributed by atoms with Gasteiger partial charge in [0.2, 0.25) is 0 Å². The van der Waals surface area contributed by atoms with E-state index < -0.39 is 0 Å². The quantitative estimate of drug-likeness (QED) is 0.865. The molecular formula is C10H11ClN4. The molecule has 0 radical (unpaired) electrons. The molecule has 2 aromatic rings. The van der Waals surface area contributed by atoms with Crippen molar-refractivity contribution in [3.63, 3.8) is 0 Å². The van der Waals surface area contributed by atoms with Crippen LogP contribution in [-0.2, 0) is 13.6 Å². The minimum atomic E-state index is 0.637. The number of aromatic nitrogens is 3. The lowest BCUT2D eigenvalue weighted by molar-refractivity contribution is 0.811. The first-order valence-corrected chi connectivity index (χ1v) is 4.95. The van der Waals surface area contributed by atoms with Crippen molar-refractivity contribution in [1.29, 1.82) is 0 Å². The van der Waals surface area contributed by atoms with Gasteiger partial charge in [-0.25, -0.2) is 9.97 Å². The molecule has 78 valence electrons. The Morgan fingerprint density at radius 1 is 1.40 bits per heavy atom. The van der Waals surface area contributed by atoms with E-state index in [1.165, 1.54) is 0 Å². The van der Waals surface area contributed by atoms with Gasteiger partial charge < -0.3 is 9.88 Å². The van der Waals surface area contributed by atoms with Crippen LogP contribution in [0.25, 0.3) is 0 Å². The summed E-state index contributed by atoms with van der Waals surface area (Å²) < 4.78 is 1.96. The van der Waals surface area contributed by atoms with E-state index in [0.717, 1.165) is 11.6 Å². The third kappa shape index (κ3) is 2.47. The van der Waals surface area contributed by atoms with Crippen LogP contribution < -0.4 is 5.32 Å². The van der Waals surface area contributed by atoms with E-state index in [9.17, 15) is 0 Å². The van der Waals surface area contributed by atoms with Gasteiger partial charge in [-0.1, -0.05) is 11.6 Å². The molecule has 2 heterocycles. The zero-order valence-electron chi connectivity index (χ0n) is 8.31. The van der Waals surface area contributed by atoms with Gasteiger partial charge in [-0.3, -0.25) is 0 Å². The van der Waals surface area contributed by atoms with Crippen molar-refractivity contribution in [3.05, 3.63) is 41.6 Å². The minimum absolute atomic E-state index is 0.637. The van der Waals surface area contributed by atoms with Gasteiger partial charge in [0.1, 0.15) is 11.6 Å². The summed E-state index contributed by atoms with van der Waals surface area (Å²) in [7, 11) is 1.96. The van der Waals surface area contributed by atoms with Gasteiger partial charge in [0.05, 0.1) is 11.6 Å². The Hall–Kier alpha value is -1.55. The first-order valence-electron chi connectivity index (χ1n) is 4.57. The molecule has 0 unspecified atom stereocenters. The summed E-state index contributed by atoms with van der Waals surface area (Å²) in [5.74, 6) is 1.76. The van der Waals surface area contributed by atoms with Crippen LogP contribution in [0.1, 0.15) is 5.82 Å². The highest BCUT2D eigenvalue weighted by atomic mass is 35.5. The average molecular weight is 223 g/mol. The second kappa shape index (κ2) is 4.31. The fourth-order valence-corrected chi connectivity index (χ4v) is 1.33. The molecule has 1 N–H and O–H groups in total. The molecule has 2 aromatic heterocycles. The number of hydrogen-bond acceptors (Lipinski definition) is 3. The molecule has 0 bridgehead atoms. The van der Waals surface area contributed by atoms with Crippen LogP contribution >= 0.6 is 11.6 Å². The molecule has 5 heteroatoms. The van der Waals surface area contributed by atoms with Gasteiger partial charge in [-0.2, -0.15) is 0 Å². The average Bonchev–Trinajstić information content (AvgIpc) is 2.63. The van der Waals surface area contributed by atoms with Crippen molar-refractivity contribution in [2.45, 2.75) is 6.54 Å². The van der Waals surface area contributed by atoms with Gasteiger partial charge in [0.15, 0.2) is 0 Å². The van der Waals surface area contributed by atoms with E-state index in [4.69, 9.17) is 11.6 Å². The smallest absolute Gasteiger partial charge is 0.127 e. The van der Waals surface area contributed by atoms with Crippen molar-refractivity contribution >= 4 is 17.4 Å². The number of rotatable bonds is 3. The molecule has 0 atom stereocenters. The van der Waals surface area contributed by atoms with Gasteiger partial charge in [-0.05, 0) is 12.1 Å². The third-order valence-electron chi connectivity index (χ3n) is 2.08. The summed E-state index contributed by atoms with van der Waals surface area (Å²) in [5.41, 5.74) is 0. The largest absolute Gasteiger partial charge is 0.363 e. The highest BCUT2D eigenvalue weighted by Gasteiger charge is 1.99. The van der Waals surface area contributed by atoms with E-state index in [2.05, 4.69) is 15.3 Å². The summed E-state index contributed by atoms with van der Waals surface area (Å²) >= 11 is 5.73. The summed E-state index contributed by atoms with van der Waals surface area (Å²) in [6.07, 6.45) is 5.29.